The number of aromatic nitrogens is 3. The molecule has 2 aromatic heterocycles. The van der Waals surface area contributed by atoms with E-state index in [2.05, 4.69) is 27.2 Å². The molecule has 1 aliphatic rings. The Hall–Kier alpha value is -2.21. The Kier molecular flexibility index (Phi) is 5.81. The third-order valence-corrected chi connectivity index (χ3v) is 4.69. The molecule has 25 heavy (non-hydrogen) atoms. The van der Waals surface area contributed by atoms with E-state index in [1.807, 2.05) is 19.2 Å². The van der Waals surface area contributed by atoms with E-state index >= 15 is 0 Å². The molecule has 6 nitrogen and oxygen atoms in total. The lowest BCUT2D eigenvalue weighted by Gasteiger charge is -2.30. The van der Waals surface area contributed by atoms with Crippen molar-refractivity contribution < 1.29 is 4.79 Å². The molecule has 0 aromatic carbocycles. The first-order valence-corrected chi connectivity index (χ1v) is 9.08. The number of nitrogens with zero attached hydrogens (tertiary/aromatic N) is 4. The van der Waals surface area contributed by atoms with E-state index < -0.39 is 0 Å². The van der Waals surface area contributed by atoms with E-state index in [4.69, 9.17) is 0 Å². The van der Waals surface area contributed by atoms with Crippen LogP contribution in [0.25, 0.3) is 11.3 Å². The van der Waals surface area contributed by atoms with Gasteiger partial charge in [0.25, 0.3) is 5.91 Å². The summed E-state index contributed by atoms with van der Waals surface area (Å²) in [4.78, 5) is 19.2. The van der Waals surface area contributed by atoms with Crippen molar-refractivity contribution in [2.75, 3.05) is 26.2 Å². The van der Waals surface area contributed by atoms with Gasteiger partial charge in [-0.3, -0.25) is 14.5 Å². The maximum absolute atomic E-state index is 12.6. The fourth-order valence-corrected chi connectivity index (χ4v) is 3.46. The van der Waals surface area contributed by atoms with Gasteiger partial charge in [0.05, 0.1) is 5.56 Å². The van der Waals surface area contributed by atoms with E-state index in [0.29, 0.717) is 17.8 Å². The highest BCUT2D eigenvalue weighted by molar-refractivity contribution is 5.99. The Morgan fingerprint density at radius 1 is 1.44 bits per heavy atom. The number of carbonyl (C=O) groups is 1. The van der Waals surface area contributed by atoms with E-state index in [9.17, 15) is 4.79 Å². The van der Waals surface area contributed by atoms with Crippen LogP contribution in [0.15, 0.2) is 30.7 Å². The third-order valence-electron chi connectivity index (χ3n) is 4.69. The molecule has 3 rings (SSSR count). The number of pyridine rings is 1. The van der Waals surface area contributed by atoms with Crippen LogP contribution in [0.3, 0.4) is 0 Å². The van der Waals surface area contributed by atoms with Gasteiger partial charge in [0.15, 0.2) is 0 Å². The molecule has 1 N–H and O–H groups in total. The quantitative estimate of drug-likeness (QED) is 0.819. The summed E-state index contributed by atoms with van der Waals surface area (Å²) in [6.45, 7) is 6.42. The van der Waals surface area contributed by atoms with Gasteiger partial charge in [-0.1, -0.05) is 6.92 Å². The Morgan fingerprint density at radius 2 is 2.32 bits per heavy atom. The Labute approximate surface area is 149 Å². The van der Waals surface area contributed by atoms with Gasteiger partial charge >= 0.3 is 0 Å². The van der Waals surface area contributed by atoms with E-state index in [1.165, 1.54) is 25.9 Å². The fourth-order valence-electron chi connectivity index (χ4n) is 3.46. The lowest BCUT2D eigenvalue weighted by atomic mass is 10.0. The summed E-state index contributed by atoms with van der Waals surface area (Å²) >= 11 is 0. The number of hydrogen-bond donors (Lipinski definition) is 1. The van der Waals surface area contributed by atoms with Gasteiger partial charge in [0.1, 0.15) is 5.69 Å². The van der Waals surface area contributed by atoms with E-state index in [-0.39, 0.29) is 5.91 Å². The minimum absolute atomic E-state index is 0.0704. The number of aryl methyl sites for hydroxylation is 1. The highest BCUT2D eigenvalue weighted by atomic mass is 16.1. The number of rotatable bonds is 6. The van der Waals surface area contributed by atoms with Crippen LogP contribution in [0, 0.1) is 5.92 Å². The molecule has 0 aliphatic carbocycles. The summed E-state index contributed by atoms with van der Waals surface area (Å²) in [5, 5.41) is 7.45. The summed E-state index contributed by atoms with van der Waals surface area (Å²) in [7, 11) is 1.83. The maximum Gasteiger partial charge on any atom is 0.255 e. The third kappa shape index (κ3) is 4.66. The molecule has 0 unspecified atom stereocenters. The largest absolute Gasteiger partial charge is 0.352 e. The monoisotopic (exact) mass is 341 g/mol. The van der Waals surface area contributed by atoms with Crippen LogP contribution in [0.5, 0.6) is 0 Å². The normalized spacial score (nSPS) is 18.2. The van der Waals surface area contributed by atoms with Gasteiger partial charge in [-0.25, -0.2) is 0 Å². The number of likely N-dealkylation sites (tertiary alicyclic amines) is 1. The first-order valence-electron chi connectivity index (χ1n) is 9.08. The molecular weight excluding hydrogens is 314 g/mol. The average Bonchev–Trinajstić information content (AvgIpc) is 3.01. The molecule has 0 radical (unpaired) electrons. The number of nitrogens with one attached hydrogen (secondary N) is 1. The van der Waals surface area contributed by atoms with Gasteiger partial charge in [-0.05, 0) is 50.4 Å². The molecule has 0 saturated carbocycles. The van der Waals surface area contributed by atoms with Crippen LogP contribution >= 0.6 is 0 Å². The molecule has 1 fully saturated rings. The predicted octanol–water partition coefficient (Wildman–Crippen LogP) is 2.33. The molecule has 134 valence electrons. The smallest absolute Gasteiger partial charge is 0.255 e. The van der Waals surface area contributed by atoms with Crippen molar-refractivity contribution in [2.45, 2.75) is 26.2 Å². The summed E-state index contributed by atoms with van der Waals surface area (Å²) in [5.41, 5.74) is 2.13. The topological polar surface area (TPSA) is 63.1 Å². The average molecular weight is 341 g/mol. The lowest BCUT2D eigenvalue weighted by Crippen LogP contribution is -2.36. The number of piperidine rings is 1. The van der Waals surface area contributed by atoms with Crippen molar-refractivity contribution in [2.24, 2.45) is 13.0 Å². The highest BCUT2D eigenvalue weighted by Gasteiger charge is 2.18. The number of amides is 1. The van der Waals surface area contributed by atoms with Crippen molar-refractivity contribution in [1.29, 1.82) is 0 Å². The zero-order chi connectivity index (χ0) is 17.6. The highest BCUT2D eigenvalue weighted by Crippen LogP contribution is 2.20. The standard InChI is InChI=1S/C19H27N5O/c1-15-6-4-10-24(13-15)11-5-9-21-19(25)17-14-23(2)22-18(17)16-7-3-8-20-12-16/h3,7-8,12,14-15H,4-6,9-11,13H2,1-2H3,(H,21,25)/t15-/m1/s1. The van der Waals surface area contributed by atoms with Crippen molar-refractivity contribution in [3.8, 4) is 11.3 Å². The van der Waals surface area contributed by atoms with Gasteiger partial charge in [-0.2, -0.15) is 5.10 Å². The van der Waals surface area contributed by atoms with E-state index in [0.717, 1.165) is 24.4 Å². The molecule has 6 heteroatoms. The van der Waals surface area contributed by atoms with Crippen LogP contribution < -0.4 is 5.32 Å². The Bertz CT molecular complexity index is 697. The second-order valence-electron chi connectivity index (χ2n) is 6.96. The predicted molar refractivity (Wildman–Crippen MR) is 98.2 cm³/mol. The molecule has 1 saturated heterocycles. The van der Waals surface area contributed by atoms with Crippen LogP contribution in [0.1, 0.15) is 36.5 Å². The maximum atomic E-state index is 12.6. The molecule has 0 spiro atoms. The summed E-state index contributed by atoms with van der Waals surface area (Å²) < 4.78 is 1.67. The first-order chi connectivity index (χ1) is 12.1. The van der Waals surface area contributed by atoms with Crippen molar-refractivity contribution in [3.63, 3.8) is 0 Å². The van der Waals surface area contributed by atoms with Crippen molar-refractivity contribution >= 4 is 5.91 Å². The summed E-state index contributed by atoms with van der Waals surface area (Å²) in [6.07, 6.45) is 8.82. The molecule has 1 atom stereocenters. The number of carbonyl (C=O) groups excluding carboxylic acids is 1. The zero-order valence-corrected chi connectivity index (χ0v) is 15.1. The molecule has 2 aromatic rings. The summed E-state index contributed by atoms with van der Waals surface area (Å²) in [6, 6.07) is 3.77. The second-order valence-corrected chi connectivity index (χ2v) is 6.96. The van der Waals surface area contributed by atoms with Crippen LogP contribution in [-0.2, 0) is 7.05 Å². The van der Waals surface area contributed by atoms with Crippen LogP contribution in [0.2, 0.25) is 0 Å². The molecule has 0 bridgehead atoms. The lowest BCUT2D eigenvalue weighted by molar-refractivity contribution is 0.0950. The van der Waals surface area contributed by atoms with E-state index in [1.54, 1.807) is 23.3 Å². The van der Waals surface area contributed by atoms with Crippen LogP contribution in [0.4, 0.5) is 0 Å². The second kappa shape index (κ2) is 8.25. The summed E-state index contributed by atoms with van der Waals surface area (Å²) in [5.74, 6) is 0.722. The SMILES string of the molecule is C[C@@H]1CCCN(CCCNC(=O)c2cn(C)nc2-c2cccnc2)C1. The van der Waals surface area contributed by atoms with Gasteiger partial charge < -0.3 is 10.2 Å². The van der Waals surface area contributed by atoms with Crippen LogP contribution in [-0.4, -0.2) is 51.8 Å². The Balaban J connectivity index is 1.53. The number of hydrogen-bond acceptors (Lipinski definition) is 4. The molecule has 1 aliphatic heterocycles. The molecule has 3 heterocycles. The van der Waals surface area contributed by atoms with Gasteiger partial charge in [0.2, 0.25) is 0 Å². The van der Waals surface area contributed by atoms with Gasteiger partial charge in [-0.15, -0.1) is 0 Å². The minimum Gasteiger partial charge on any atom is -0.352 e. The minimum atomic E-state index is -0.0704. The molecule has 1 amide bonds. The van der Waals surface area contributed by atoms with Crippen molar-refractivity contribution in [1.82, 2.24) is 25.0 Å². The van der Waals surface area contributed by atoms with Gasteiger partial charge in [0, 0.05) is 44.3 Å². The fraction of sp³-hybridized carbons (Fsp3) is 0.526. The first kappa shape index (κ1) is 17.6. The molecular formula is C19H27N5O. The zero-order valence-electron chi connectivity index (χ0n) is 15.1. The Morgan fingerprint density at radius 3 is 3.08 bits per heavy atom. The van der Waals surface area contributed by atoms with Crippen molar-refractivity contribution in [3.05, 3.63) is 36.3 Å².